The van der Waals surface area contributed by atoms with Gasteiger partial charge in [0, 0.05) is 39.4 Å². The molecule has 21 heavy (non-hydrogen) atoms. The smallest absolute Gasteiger partial charge is 0.0624 e. The van der Waals surface area contributed by atoms with Crippen LogP contribution in [0.25, 0.3) is 0 Å². The molecule has 1 unspecified atom stereocenters. The molecule has 0 aliphatic heterocycles. The van der Waals surface area contributed by atoms with Gasteiger partial charge in [-0.25, -0.2) is 0 Å². The number of hydrogen-bond donors (Lipinski definition) is 1. The molecule has 0 fully saturated rings. The summed E-state index contributed by atoms with van der Waals surface area (Å²) >= 11 is 5.38. The van der Waals surface area contributed by atoms with Crippen molar-refractivity contribution < 1.29 is 0 Å². The molecule has 0 saturated carbocycles. The standard InChI is InChI=1S/C16H24BrN3S/c1-4-7-18-15(16-8-12(17)11-21-16)10-14-9-13(5-2)19-20(14)6-3/h8-9,11,15,18H,4-7,10H2,1-3H3. The molecule has 0 bridgehead atoms. The minimum atomic E-state index is 0.368. The largest absolute Gasteiger partial charge is 0.309 e. The Bertz CT molecular complexity index is 562. The van der Waals surface area contributed by atoms with Gasteiger partial charge in [0.25, 0.3) is 0 Å². The van der Waals surface area contributed by atoms with Crippen LogP contribution in [0.4, 0.5) is 0 Å². The summed E-state index contributed by atoms with van der Waals surface area (Å²) in [7, 11) is 0. The molecule has 0 saturated heterocycles. The lowest BCUT2D eigenvalue weighted by atomic mass is 10.1. The number of thiophene rings is 1. The molecule has 5 heteroatoms. The van der Waals surface area contributed by atoms with Crippen LogP contribution in [0.3, 0.4) is 0 Å². The summed E-state index contributed by atoms with van der Waals surface area (Å²) in [5, 5.41) is 10.5. The van der Waals surface area contributed by atoms with Crippen LogP contribution in [0.2, 0.25) is 0 Å². The number of halogens is 1. The van der Waals surface area contributed by atoms with Gasteiger partial charge in [-0.2, -0.15) is 5.10 Å². The summed E-state index contributed by atoms with van der Waals surface area (Å²) in [6, 6.07) is 4.85. The number of aromatic nitrogens is 2. The molecule has 2 heterocycles. The van der Waals surface area contributed by atoms with E-state index in [0.717, 1.165) is 32.4 Å². The van der Waals surface area contributed by atoms with Gasteiger partial charge in [-0.15, -0.1) is 11.3 Å². The molecule has 0 spiro atoms. The molecule has 0 amide bonds. The molecule has 1 atom stereocenters. The second kappa shape index (κ2) is 8.11. The lowest BCUT2D eigenvalue weighted by molar-refractivity contribution is 0.508. The van der Waals surface area contributed by atoms with Crippen molar-refractivity contribution >= 4 is 27.3 Å². The third-order valence-electron chi connectivity index (χ3n) is 3.56. The zero-order valence-corrected chi connectivity index (χ0v) is 15.4. The van der Waals surface area contributed by atoms with E-state index >= 15 is 0 Å². The fourth-order valence-electron chi connectivity index (χ4n) is 2.44. The SMILES string of the molecule is CCCNC(Cc1cc(CC)nn1CC)c1cc(Br)cs1. The van der Waals surface area contributed by atoms with Crippen molar-refractivity contribution in [3.63, 3.8) is 0 Å². The van der Waals surface area contributed by atoms with Gasteiger partial charge in [-0.3, -0.25) is 4.68 Å². The van der Waals surface area contributed by atoms with Crippen molar-refractivity contribution in [3.05, 3.63) is 38.3 Å². The van der Waals surface area contributed by atoms with Gasteiger partial charge in [0.15, 0.2) is 0 Å². The van der Waals surface area contributed by atoms with Gasteiger partial charge in [0.2, 0.25) is 0 Å². The van der Waals surface area contributed by atoms with Crippen molar-refractivity contribution in [2.24, 2.45) is 0 Å². The highest BCUT2D eigenvalue weighted by Gasteiger charge is 2.17. The minimum absolute atomic E-state index is 0.368. The Morgan fingerprint density at radius 3 is 2.71 bits per heavy atom. The second-order valence-electron chi connectivity index (χ2n) is 5.17. The fourth-order valence-corrected chi connectivity index (χ4v) is 3.96. The Labute approximate surface area is 139 Å². The van der Waals surface area contributed by atoms with E-state index in [2.05, 4.69) is 69.3 Å². The summed E-state index contributed by atoms with van der Waals surface area (Å²) in [6.07, 6.45) is 3.14. The summed E-state index contributed by atoms with van der Waals surface area (Å²) in [4.78, 5) is 1.39. The molecule has 0 aliphatic rings. The van der Waals surface area contributed by atoms with Crippen molar-refractivity contribution in [3.8, 4) is 0 Å². The molecule has 0 aliphatic carbocycles. The van der Waals surface area contributed by atoms with Crippen molar-refractivity contribution in [1.82, 2.24) is 15.1 Å². The van der Waals surface area contributed by atoms with E-state index in [9.17, 15) is 0 Å². The lowest BCUT2D eigenvalue weighted by Crippen LogP contribution is -2.24. The van der Waals surface area contributed by atoms with Gasteiger partial charge in [-0.05, 0) is 54.4 Å². The Morgan fingerprint density at radius 1 is 1.33 bits per heavy atom. The normalized spacial score (nSPS) is 12.8. The van der Waals surface area contributed by atoms with Gasteiger partial charge >= 0.3 is 0 Å². The first-order valence-corrected chi connectivity index (χ1v) is 9.38. The van der Waals surface area contributed by atoms with Crippen molar-refractivity contribution in [2.45, 2.75) is 52.6 Å². The average molecular weight is 370 g/mol. The van der Waals surface area contributed by atoms with E-state index in [1.54, 1.807) is 0 Å². The Kier molecular flexibility index (Phi) is 6.45. The third kappa shape index (κ3) is 4.41. The molecule has 1 N–H and O–H groups in total. The van der Waals surface area contributed by atoms with Crippen LogP contribution < -0.4 is 5.32 Å². The zero-order chi connectivity index (χ0) is 15.2. The van der Waals surface area contributed by atoms with E-state index in [1.807, 2.05) is 11.3 Å². The highest BCUT2D eigenvalue weighted by molar-refractivity contribution is 9.10. The predicted octanol–water partition coefficient (Wildman–Crippen LogP) is 4.57. The molecular weight excluding hydrogens is 346 g/mol. The van der Waals surface area contributed by atoms with Crippen LogP contribution in [0.1, 0.15) is 49.5 Å². The first-order chi connectivity index (χ1) is 10.2. The molecule has 116 valence electrons. The van der Waals surface area contributed by atoms with Crippen LogP contribution in [0.15, 0.2) is 22.0 Å². The van der Waals surface area contributed by atoms with Crippen molar-refractivity contribution in [2.75, 3.05) is 6.54 Å². The molecule has 3 nitrogen and oxygen atoms in total. The first kappa shape index (κ1) is 16.7. The first-order valence-electron chi connectivity index (χ1n) is 7.70. The lowest BCUT2D eigenvalue weighted by Gasteiger charge is -2.17. The van der Waals surface area contributed by atoms with Gasteiger partial charge in [0.05, 0.1) is 5.69 Å². The number of nitrogens with one attached hydrogen (secondary N) is 1. The van der Waals surface area contributed by atoms with E-state index in [1.165, 1.54) is 20.7 Å². The van der Waals surface area contributed by atoms with Crippen molar-refractivity contribution in [1.29, 1.82) is 0 Å². The van der Waals surface area contributed by atoms with Crippen LogP contribution in [-0.2, 0) is 19.4 Å². The van der Waals surface area contributed by atoms with E-state index in [0.29, 0.717) is 6.04 Å². The summed E-state index contributed by atoms with van der Waals surface area (Å²) < 4.78 is 3.31. The highest BCUT2D eigenvalue weighted by atomic mass is 79.9. The second-order valence-corrected chi connectivity index (χ2v) is 7.03. The van der Waals surface area contributed by atoms with Gasteiger partial charge in [0.1, 0.15) is 0 Å². The maximum atomic E-state index is 4.66. The maximum Gasteiger partial charge on any atom is 0.0624 e. The van der Waals surface area contributed by atoms with E-state index in [-0.39, 0.29) is 0 Å². The van der Waals surface area contributed by atoms with E-state index in [4.69, 9.17) is 0 Å². The Balaban J connectivity index is 2.19. The molecule has 0 radical (unpaired) electrons. The number of rotatable bonds is 8. The number of hydrogen-bond acceptors (Lipinski definition) is 3. The fraction of sp³-hybridized carbons (Fsp3) is 0.562. The quantitative estimate of drug-likeness (QED) is 0.738. The Morgan fingerprint density at radius 2 is 2.14 bits per heavy atom. The Hall–Kier alpha value is -0.650. The van der Waals surface area contributed by atoms with E-state index < -0.39 is 0 Å². The predicted molar refractivity (Wildman–Crippen MR) is 94.0 cm³/mol. The summed E-state index contributed by atoms with van der Waals surface area (Å²) in [5.41, 5.74) is 2.51. The van der Waals surface area contributed by atoms with Gasteiger partial charge in [-0.1, -0.05) is 13.8 Å². The summed E-state index contributed by atoms with van der Waals surface area (Å²) in [5.74, 6) is 0. The maximum absolute atomic E-state index is 4.66. The minimum Gasteiger partial charge on any atom is -0.309 e. The zero-order valence-electron chi connectivity index (χ0n) is 13.0. The average Bonchev–Trinajstić information content (AvgIpc) is 3.09. The monoisotopic (exact) mass is 369 g/mol. The number of nitrogens with zero attached hydrogens (tertiary/aromatic N) is 2. The number of aryl methyl sites for hydroxylation is 2. The molecule has 0 aromatic carbocycles. The highest BCUT2D eigenvalue weighted by Crippen LogP contribution is 2.28. The molecule has 2 aromatic heterocycles. The molecular formula is C16H24BrN3S. The van der Waals surface area contributed by atoms with Crippen LogP contribution in [-0.4, -0.2) is 16.3 Å². The molecule has 2 rings (SSSR count). The van der Waals surface area contributed by atoms with Crippen LogP contribution >= 0.6 is 27.3 Å². The van der Waals surface area contributed by atoms with Gasteiger partial charge < -0.3 is 5.32 Å². The molecule has 2 aromatic rings. The van der Waals surface area contributed by atoms with Crippen LogP contribution in [0, 0.1) is 0 Å². The summed E-state index contributed by atoms with van der Waals surface area (Å²) in [6.45, 7) is 8.51. The van der Waals surface area contributed by atoms with Crippen LogP contribution in [0.5, 0.6) is 0 Å². The topological polar surface area (TPSA) is 29.9 Å². The third-order valence-corrected chi connectivity index (χ3v) is 5.37.